The van der Waals surface area contributed by atoms with Crippen molar-refractivity contribution in [3.8, 4) is 0 Å². The van der Waals surface area contributed by atoms with Gasteiger partial charge in [-0.1, -0.05) is 100 Å². The second kappa shape index (κ2) is 46.8. The van der Waals surface area contributed by atoms with E-state index in [0.717, 1.165) is 10.8 Å². The van der Waals surface area contributed by atoms with Crippen LogP contribution in [0.25, 0.3) is 21.7 Å². The monoisotopic (exact) mass is 1660 g/mol. The number of carboxylic acids is 3. The molecule has 2 aromatic heterocycles. The average molecular weight is 1660 g/mol. The van der Waals surface area contributed by atoms with Gasteiger partial charge in [0.05, 0.1) is 39.1 Å². The fourth-order valence-electron chi connectivity index (χ4n) is 13.3. The molecule has 8 atom stereocenters. The number of nitrogens with one attached hydrogen (secondary N) is 12. The van der Waals surface area contributed by atoms with Gasteiger partial charge in [-0.15, -0.1) is 0 Å². The number of rotatable bonds is 44. The Hall–Kier alpha value is -11.9. The average Bonchev–Trinajstić information content (AvgIpc) is 1.21. The molecule has 0 spiro atoms. The number of aromatic amines is 2. The largest absolute Gasteiger partial charge is 0.480 e. The van der Waals surface area contributed by atoms with E-state index in [1.54, 1.807) is 94.2 Å². The van der Waals surface area contributed by atoms with Gasteiger partial charge in [0.25, 0.3) is 5.91 Å². The van der Waals surface area contributed by atoms with Crippen LogP contribution in [0.4, 0.5) is 0 Å². The van der Waals surface area contributed by atoms with Crippen LogP contribution in [0, 0.1) is 11.8 Å². The van der Waals surface area contributed by atoms with Gasteiger partial charge < -0.3 is 89.9 Å². The molecule has 12 amide bonds. The van der Waals surface area contributed by atoms with Crippen LogP contribution < -0.4 is 64.6 Å². The molecule has 3 heterocycles. The standard InChI is InChI=1S/C80H109N19O18S/c1-47(2)34-61(77(114)90-59(72(82)109)24-33-118-6)93-79(116)64(37-55-40-83-46-87-55)89-66(101)41-86-80(117)71(48(3)4)95-73(110)49(5)88-76(113)63(36-54-39-84-58-17-10-9-16-57(54)58)94-75(112)60(22-23-65(81)100)91-78(115)62(35-53-14-11-13-51-12-7-8-15-56(51)53)92-74(111)52-20-18-50(19-21-52)38-85-67(102)42-96-25-27-97(43-68(103)104)29-31-99(45-70(107)108)32-30-98(28-26-96)44-69(105)106/h7-21,39-40,46-49,59-64,71,84H,22-38,41-45H2,1-6H3,(H2,81,100)(H2,82,109)(H,83,87)(H,85,102)(H,86,117)(H,88,113)(H,89,101)(H,90,114)(H,91,115)(H,92,111)(H,93,116)(H,94,112)(H,95,110)(H,103,104)(H,105,106)(H,107,108)/t49-,59-,60?,61?,62-,63-,64-,71-/m0/s1. The van der Waals surface area contributed by atoms with Crippen molar-refractivity contribution in [2.75, 3.05) is 97.1 Å². The van der Waals surface area contributed by atoms with E-state index in [-0.39, 0.29) is 129 Å². The fourth-order valence-corrected chi connectivity index (χ4v) is 13.8. The summed E-state index contributed by atoms with van der Waals surface area (Å²) in [6.07, 6.45) is 5.34. The van der Waals surface area contributed by atoms with E-state index in [0.29, 0.717) is 39.0 Å². The van der Waals surface area contributed by atoms with Crippen LogP contribution in [-0.2, 0) is 92.9 Å². The van der Waals surface area contributed by atoms with Gasteiger partial charge in [-0.2, -0.15) is 11.8 Å². The molecule has 1 saturated heterocycles. The Morgan fingerprint density at radius 2 is 1.01 bits per heavy atom. The third kappa shape index (κ3) is 31.0. The number of carbonyl (C=O) groups excluding carboxylic acids is 12. The van der Waals surface area contributed by atoms with Gasteiger partial charge in [0, 0.05) is 119 Å². The summed E-state index contributed by atoms with van der Waals surface area (Å²) in [6, 6.07) is 15.2. The Kier molecular flexibility index (Phi) is 37.0. The van der Waals surface area contributed by atoms with Gasteiger partial charge in [0.15, 0.2) is 0 Å². The summed E-state index contributed by atoms with van der Waals surface area (Å²) in [5.41, 5.74) is 14.2. The van der Waals surface area contributed by atoms with Crippen LogP contribution in [0.3, 0.4) is 0 Å². The zero-order valence-electron chi connectivity index (χ0n) is 67.0. The summed E-state index contributed by atoms with van der Waals surface area (Å²) in [5, 5.41) is 57.9. The van der Waals surface area contributed by atoms with Gasteiger partial charge in [0.2, 0.25) is 65.0 Å². The lowest BCUT2D eigenvalue weighted by molar-refractivity contribution is -0.140. The molecule has 19 N–H and O–H groups in total. The van der Waals surface area contributed by atoms with Crippen LogP contribution in [0.5, 0.6) is 0 Å². The SMILES string of the molecule is CSCC[C@H](NC(=O)C(CC(C)C)NC(=O)[C@H](Cc1cnc[nH]1)NC(=O)CNC(=O)[C@@H](NC(=O)[C@H](C)NC(=O)[C@H](Cc1c[nH]c2ccccc12)NC(=O)C(CCC(N)=O)NC(=O)[C@H](Cc1cccc2ccccc12)NC(=O)c1ccc(CNC(=O)CN2CCN(CC(=O)O)CCN(CC(=O)O)CCN(CC(=O)O)CC2)cc1)C(C)C)C(N)=O. The summed E-state index contributed by atoms with van der Waals surface area (Å²) in [7, 11) is 0. The Morgan fingerprint density at radius 3 is 1.58 bits per heavy atom. The van der Waals surface area contributed by atoms with Crippen LogP contribution in [0.15, 0.2) is 110 Å². The van der Waals surface area contributed by atoms with Crippen LogP contribution in [-0.4, -0.2) is 284 Å². The lowest BCUT2D eigenvalue weighted by Crippen LogP contribution is -2.60. The number of aliphatic carboxylic acids is 3. The lowest BCUT2D eigenvalue weighted by Gasteiger charge is -2.32. The van der Waals surface area contributed by atoms with E-state index >= 15 is 4.79 Å². The molecule has 38 heteroatoms. The van der Waals surface area contributed by atoms with Crippen molar-refractivity contribution in [2.24, 2.45) is 23.3 Å². The van der Waals surface area contributed by atoms with E-state index in [2.05, 4.69) is 68.1 Å². The van der Waals surface area contributed by atoms with Crippen molar-refractivity contribution in [1.82, 2.24) is 87.7 Å². The Bertz CT molecular complexity index is 4430. The molecule has 638 valence electrons. The lowest BCUT2D eigenvalue weighted by atomic mass is 9.97. The predicted molar refractivity (Wildman–Crippen MR) is 437 cm³/mol. The number of benzene rings is 4. The number of amides is 12. The number of H-pyrrole nitrogens is 2. The summed E-state index contributed by atoms with van der Waals surface area (Å²) >= 11 is 1.45. The van der Waals surface area contributed by atoms with E-state index in [1.165, 1.54) is 43.3 Å². The maximum atomic E-state index is 15.0. The normalized spacial score (nSPS) is 15.4. The first-order valence-electron chi connectivity index (χ1n) is 38.9. The summed E-state index contributed by atoms with van der Waals surface area (Å²) < 4.78 is 0. The molecule has 118 heavy (non-hydrogen) atoms. The Labute approximate surface area is 686 Å². The second-order valence-corrected chi connectivity index (χ2v) is 30.8. The maximum Gasteiger partial charge on any atom is 0.317 e. The molecule has 2 unspecified atom stereocenters. The third-order valence-corrected chi connectivity index (χ3v) is 20.4. The molecule has 6 aromatic rings. The highest BCUT2D eigenvalue weighted by Gasteiger charge is 2.36. The molecule has 0 aliphatic carbocycles. The van der Waals surface area contributed by atoms with Crippen molar-refractivity contribution in [3.63, 3.8) is 0 Å². The van der Waals surface area contributed by atoms with Crippen LogP contribution in [0.1, 0.15) is 93.0 Å². The number of para-hydroxylation sites is 1. The number of imidazole rings is 1. The minimum atomic E-state index is -1.60. The van der Waals surface area contributed by atoms with E-state index in [1.807, 2.05) is 44.4 Å². The van der Waals surface area contributed by atoms with E-state index in [4.69, 9.17) is 11.5 Å². The highest BCUT2D eigenvalue weighted by molar-refractivity contribution is 7.98. The molecule has 1 fully saturated rings. The molecule has 7 rings (SSSR count). The number of nitrogens with zero attached hydrogens (tertiary/aromatic N) is 5. The van der Waals surface area contributed by atoms with Crippen LogP contribution >= 0.6 is 11.8 Å². The number of aromatic nitrogens is 3. The quantitative estimate of drug-likeness (QED) is 0.0211. The van der Waals surface area contributed by atoms with E-state index < -0.39 is 162 Å². The number of carboxylic acid groups (broad SMARTS) is 3. The molecule has 4 aromatic carbocycles. The number of primary amides is 2. The van der Waals surface area contributed by atoms with Gasteiger partial charge in [-0.3, -0.25) is 91.5 Å². The van der Waals surface area contributed by atoms with Crippen molar-refractivity contribution in [3.05, 3.63) is 138 Å². The maximum absolute atomic E-state index is 15.0. The van der Waals surface area contributed by atoms with E-state index in [9.17, 15) is 82.4 Å². The fraction of sp³-hybridized carbons (Fsp3) is 0.475. The molecule has 1 aliphatic heterocycles. The minimum absolute atomic E-state index is 0.00796. The molecular weight excluding hydrogens is 1550 g/mol. The van der Waals surface area contributed by atoms with Crippen molar-refractivity contribution >= 4 is 122 Å². The highest BCUT2D eigenvalue weighted by atomic mass is 32.2. The molecule has 0 radical (unpaired) electrons. The van der Waals surface area contributed by atoms with Crippen molar-refractivity contribution in [1.29, 1.82) is 0 Å². The zero-order valence-corrected chi connectivity index (χ0v) is 67.8. The highest BCUT2D eigenvalue weighted by Crippen LogP contribution is 2.23. The number of fused-ring (bicyclic) bond motifs is 2. The first-order valence-corrected chi connectivity index (χ1v) is 40.3. The number of hydrogen-bond acceptors (Lipinski definition) is 21. The molecule has 1 aliphatic rings. The third-order valence-electron chi connectivity index (χ3n) is 19.7. The Balaban J connectivity index is 1.04. The molecule has 0 bridgehead atoms. The van der Waals surface area contributed by atoms with Gasteiger partial charge in [0.1, 0.15) is 48.3 Å². The predicted octanol–water partition coefficient (Wildman–Crippen LogP) is -1.30. The van der Waals surface area contributed by atoms with Gasteiger partial charge in [-0.05, 0) is 95.7 Å². The topological polar surface area (TPSA) is 547 Å². The van der Waals surface area contributed by atoms with Gasteiger partial charge in [-0.25, -0.2) is 4.98 Å². The second-order valence-electron chi connectivity index (χ2n) is 29.8. The smallest absolute Gasteiger partial charge is 0.317 e. The first-order chi connectivity index (χ1) is 56.2. The summed E-state index contributed by atoms with van der Waals surface area (Å²) in [6.45, 7) is 7.94. The van der Waals surface area contributed by atoms with Crippen LogP contribution in [0.2, 0.25) is 0 Å². The van der Waals surface area contributed by atoms with Crippen molar-refractivity contribution in [2.45, 2.75) is 134 Å². The first kappa shape index (κ1) is 93.3. The minimum Gasteiger partial charge on any atom is -0.480 e. The summed E-state index contributed by atoms with van der Waals surface area (Å²) in [4.78, 5) is 219. The summed E-state index contributed by atoms with van der Waals surface area (Å²) in [5.74, 6) is -13.0. The van der Waals surface area contributed by atoms with Gasteiger partial charge >= 0.3 is 17.9 Å². The molecular formula is C80H109N19O18S. The number of carbonyl (C=O) groups is 15. The zero-order chi connectivity index (χ0) is 86.1. The Morgan fingerprint density at radius 1 is 0.492 bits per heavy atom. The number of hydrogen-bond donors (Lipinski definition) is 17. The number of nitrogens with two attached hydrogens (primary N) is 2. The molecule has 0 saturated carbocycles. The molecule has 37 nitrogen and oxygen atoms in total. The number of thioether (sulfide) groups is 1. The van der Waals surface area contributed by atoms with Crippen molar-refractivity contribution < 1.29 is 87.2 Å².